The van der Waals surface area contributed by atoms with Gasteiger partial charge in [0, 0.05) is 43.6 Å². The van der Waals surface area contributed by atoms with Gasteiger partial charge in [-0.2, -0.15) is 0 Å². The number of nitrogens with zero attached hydrogens (tertiary/aromatic N) is 3. The second-order valence-corrected chi connectivity index (χ2v) is 5.43. The average molecular weight is 285 g/mol. The second-order valence-electron chi connectivity index (χ2n) is 5.43. The lowest BCUT2D eigenvalue weighted by molar-refractivity contribution is -0.136. The third-order valence-corrected chi connectivity index (χ3v) is 4.05. The van der Waals surface area contributed by atoms with Crippen LogP contribution in [0.4, 0.5) is 5.69 Å². The highest BCUT2D eigenvalue weighted by Gasteiger charge is 2.27. The Morgan fingerprint density at radius 3 is 2.95 bits per heavy atom. The Balaban J connectivity index is 1.69. The number of anilines is 1. The number of fused-ring (bicyclic) bond motifs is 1. The average Bonchev–Trinajstić information content (AvgIpc) is 3.11. The van der Waals surface area contributed by atoms with Gasteiger partial charge in [-0.1, -0.05) is 18.2 Å². The highest BCUT2D eigenvalue weighted by molar-refractivity contribution is 5.68. The summed E-state index contributed by atoms with van der Waals surface area (Å²) in [4.78, 5) is 17.1. The molecule has 1 aromatic carbocycles. The van der Waals surface area contributed by atoms with E-state index in [9.17, 15) is 4.79 Å². The smallest absolute Gasteiger partial charge is 0.305 e. The van der Waals surface area contributed by atoms with Crippen LogP contribution in [0.3, 0.4) is 0 Å². The van der Waals surface area contributed by atoms with Gasteiger partial charge in [0.2, 0.25) is 0 Å². The first kappa shape index (κ1) is 13.7. The van der Waals surface area contributed by atoms with E-state index in [-0.39, 0.29) is 6.42 Å². The van der Waals surface area contributed by atoms with Crippen LogP contribution >= 0.6 is 0 Å². The number of imidazole rings is 1. The summed E-state index contributed by atoms with van der Waals surface area (Å²) >= 11 is 0. The molecular formula is C16H19N3O2. The van der Waals surface area contributed by atoms with E-state index in [2.05, 4.69) is 32.7 Å². The number of carboxylic acid groups (broad SMARTS) is 1. The van der Waals surface area contributed by atoms with Gasteiger partial charge in [0.1, 0.15) is 0 Å². The zero-order valence-electron chi connectivity index (χ0n) is 11.9. The number of hydrogen-bond acceptors (Lipinski definition) is 3. The molecule has 0 amide bonds. The molecule has 0 saturated carbocycles. The van der Waals surface area contributed by atoms with Crippen LogP contribution in [0.15, 0.2) is 43.0 Å². The van der Waals surface area contributed by atoms with Gasteiger partial charge >= 0.3 is 5.97 Å². The van der Waals surface area contributed by atoms with Gasteiger partial charge in [0.15, 0.2) is 0 Å². The number of rotatable bonds is 6. The van der Waals surface area contributed by atoms with Crippen LogP contribution in [0, 0.1) is 0 Å². The van der Waals surface area contributed by atoms with E-state index < -0.39 is 5.97 Å². The van der Waals surface area contributed by atoms with Gasteiger partial charge in [0.05, 0.1) is 12.7 Å². The van der Waals surface area contributed by atoms with Gasteiger partial charge in [-0.15, -0.1) is 0 Å². The molecule has 1 unspecified atom stereocenters. The zero-order chi connectivity index (χ0) is 14.7. The quantitative estimate of drug-likeness (QED) is 0.885. The summed E-state index contributed by atoms with van der Waals surface area (Å²) in [5, 5.41) is 8.88. The molecule has 3 rings (SSSR count). The number of aliphatic carboxylic acids is 1. The molecule has 1 aliphatic heterocycles. The fourth-order valence-electron chi connectivity index (χ4n) is 3.00. The highest BCUT2D eigenvalue weighted by atomic mass is 16.4. The molecule has 1 N–H and O–H groups in total. The SMILES string of the molecule is O=C(O)CCN1CC(CCn2ccnc2)c2ccccc21. The minimum atomic E-state index is -0.741. The number of carbonyl (C=O) groups is 1. The van der Waals surface area contributed by atoms with Crippen LogP contribution in [0.25, 0.3) is 0 Å². The molecule has 5 nitrogen and oxygen atoms in total. The van der Waals surface area contributed by atoms with Crippen LogP contribution in [0.1, 0.15) is 24.3 Å². The van der Waals surface area contributed by atoms with E-state index in [4.69, 9.17) is 5.11 Å². The molecule has 2 heterocycles. The molecule has 1 aromatic heterocycles. The molecule has 21 heavy (non-hydrogen) atoms. The Kier molecular flexibility index (Phi) is 3.90. The Bertz CT molecular complexity index is 610. The summed E-state index contributed by atoms with van der Waals surface area (Å²) < 4.78 is 2.09. The van der Waals surface area contributed by atoms with Crippen molar-refractivity contribution in [3.05, 3.63) is 48.5 Å². The number of benzene rings is 1. The largest absolute Gasteiger partial charge is 0.481 e. The van der Waals surface area contributed by atoms with E-state index in [1.54, 1.807) is 6.20 Å². The van der Waals surface area contributed by atoms with Gasteiger partial charge in [-0.05, 0) is 18.1 Å². The number of hydrogen-bond donors (Lipinski definition) is 1. The Hall–Kier alpha value is -2.30. The molecule has 0 fully saturated rings. The maximum atomic E-state index is 10.8. The van der Waals surface area contributed by atoms with Crippen molar-refractivity contribution in [2.45, 2.75) is 25.3 Å². The van der Waals surface area contributed by atoms with Crippen molar-refractivity contribution in [1.82, 2.24) is 9.55 Å². The summed E-state index contributed by atoms with van der Waals surface area (Å²) in [7, 11) is 0. The molecule has 0 radical (unpaired) electrons. The first-order valence-electron chi connectivity index (χ1n) is 7.25. The van der Waals surface area contributed by atoms with Gasteiger partial charge in [-0.25, -0.2) is 4.98 Å². The molecule has 1 aliphatic rings. The summed E-state index contributed by atoms with van der Waals surface area (Å²) in [5.41, 5.74) is 2.53. The minimum Gasteiger partial charge on any atom is -0.481 e. The first-order valence-corrected chi connectivity index (χ1v) is 7.25. The lowest BCUT2D eigenvalue weighted by Crippen LogP contribution is -2.25. The van der Waals surface area contributed by atoms with E-state index in [1.807, 2.05) is 18.6 Å². The maximum Gasteiger partial charge on any atom is 0.305 e. The molecule has 0 saturated heterocycles. The zero-order valence-corrected chi connectivity index (χ0v) is 11.9. The Morgan fingerprint density at radius 1 is 1.33 bits per heavy atom. The lowest BCUT2D eigenvalue weighted by atomic mass is 9.98. The monoisotopic (exact) mass is 285 g/mol. The lowest BCUT2D eigenvalue weighted by Gasteiger charge is -2.18. The molecule has 5 heteroatoms. The van der Waals surface area contributed by atoms with Crippen LogP contribution in [0.2, 0.25) is 0 Å². The third-order valence-electron chi connectivity index (χ3n) is 4.05. The van der Waals surface area contributed by atoms with Crippen molar-refractivity contribution >= 4 is 11.7 Å². The van der Waals surface area contributed by atoms with E-state index in [1.165, 1.54) is 11.3 Å². The van der Waals surface area contributed by atoms with Crippen molar-refractivity contribution in [2.24, 2.45) is 0 Å². The van der Waals surface area contributed by atoms with Crippen LogP contribution in [-0.4, -0.2) is 33.7 Å². The van der Waals surface area contributed by atoms with Crippen molar-refractivity contribution in [2.75, 3.05) is 18.0 Å². The Labute approximate surface area is 123 Å². The van der Waals surface area contributed by atoms with Crippen molar-refractivity contribution in [3.63, 3.8) is 0 Å². The molecule has 2 aromatic rings. The highest BCUT2D eigenvalue weighted by Crippen LogP contribution is 2.38. The molecular weight excluding hydrogens is 266 g/mol. The second kappa shape index (κ2) is 5.99. The fourth-order valence-corrected chi connectivity index (χ4v) is 3.00. The first-order chi connectivity index (χ1) is 10.2. The Morgan fingerprint density at radius 2 is 2.19 bits per heavy atom. The molecule has 0 spiro atoms. The van der Waals surface area contributed by atoms with Crippen LogP contribution in [0.5, 0.6) is 0 Å². The van der Waals surface area contributed by atoms with Crippen LogP contribution in [-0.2, 0) is 11.3 Å². The van der Waals surface area contributed by atoms with Crippen LogP contribution < -0.4 is 4.90 Å². The van der Waals surface area contributed by atoms with E-state index in [0.717, 1.165) is 19.5 Å². The number of aryl methyl sites for hydroxylation is 1. The van der Waals surface area contributed by atoms with Gasteiger partial charge < -0.3 is 14.6 Å². The van der Waals surface area contributed by atoms with Crippen molar-refractivity contribution in [3.8, 4) is 0 Å². The van der Waals surface area contributed by atoms with E-state index >= 15 is 0 Å². The fraction of sp³-hybridized carbons (Fsp3) is 0.375. The third kappa shape index (κ3) is 3.07. The van der Waals surface area contributed by atoms with Crippen molar-refractivity contribution in [1.29, 1.82) is 0 Å². The van der Waals surface area contributed by atoms with Gasteiger partial charge in [-0.3, -0.25) is 4.79 Å². The van der Waals surface area contributed by atoms with E-state index in [0.29, 0.717) is 12.5 Å². The normalized spacial score (nSPS) is 17.0. The number of aromatic nitrogens is 2. The summed E-state index contributed by atoms with van der Waals surface area (Å²) in [5.74, 6) is -0.285. The molecule has 1 atom stereocenters. The van der Waals surface area contributed by atoms with Crippen molar-refractivity contribution < 1.29 is 9.90 Å². The number of carboxylic acids is 1. The standard InChI is InChI=1S/C16H19N3O2/c20-16(21)6-9-19-11-13(5-8-18-10-7-17-12-18)14-3-1-2-4-15(14)19/h1-4,7,10,12-13H,5-6,8-9,11H2,(H,20,21). The number of para-hydroxylation sites is 1. The molecule has 0 aliphatic carbocycles. The minimum absolute atomic E-state index is 0.183. The molecule has 0 bridgehead atoms. The summed E-state index contributed by atoms with van der Waals surface area (Å²) in [6.07, 6.45) is 6.83. The van der Waals surface area contributed by atoms with Gasteiger partial charge in [0.25, 0.3) is 0 Å². The maximum absolute atomic E-state index is 10.8. The summed E-state index contributed by atoms with van der Waals surface area (Å²) in [6, 6.07) is 8.33. The predicted molar refractivity (Wildman–Crippen MR) is 80.5 cm³/mol. The predicted octanol–water partition coefficient (Wildman–Crippen LogP) is 2.35. The topological polar surface area (TPSA) is 58.4 Å². The summed E-state index contributed by atoms with van der Waals surface area (Å²) in [6.45, 7) is 2.42. The molecule has 110 valence electrons.